The summed E-state index contributed by atoms with van der Waals surface area (Å²) in [6.45, 7) is 1.95. The molecule has 8 heteroatoms. The highest BCUT2D eigenvalue weighted by Gasteiger charge is 2.18. The van der Waals surface area contributed by atoms with Crippen molar-refractivity contribution in [3.63, 3.8) is 0 Å². The lowest BCUT2D eigenvalue weighted by Gasteiger charge is -2.26. The number of rotatable bonds is 8. The van der Waals surface area contributed by atoms with E-state index in [1.807, 2.05) is 29.2 Å². The van der Waals surface area contributed by atoms with E-state index in [-0.39, 0.29) is 11.5 Å². The second kappa shape index (κ2) is 12.0. The minimum Gasteiger partial charge on any atom is -0.493 e. The number of benzene rings is 3. The highest BCUT2D eigenvalue weighted by Crippen LogP contribution is 2.28. The third-order valence-electron chi connectivity index (χ3n) is 5.92. The SMILES string of the molecule is COc1cc(/C=N\NC(=O)c2ccccc2F)ccc1OCc1ccc(C(=O)N2CCCCC2)cc1. The van der Waals surface area contributed by atoms with Crippen LogP contribution in [0, 0.1) is 5.82 Å². The van der Waals surface area contributed by atoms with Crippen molar-refractivity contribution in [1.82, 2.24) is 10.3 Å². The molecule has 0 unspecified atom stereocenters. The van der Waals surface area contributed by atoms with Crippen LogP contribution in [0.25, 0.3) is 0 Å². The van der Waals surface area contributed by atoms with Crippen LogP contribution >= 0.6 is 0 Å². The van der Waals surface area contributed by atoms with Crippen LogP contribution in [0.3, 0.4) is 0 Å². The van der Waals surface area contributed by atoms with Crippen molar-refractivity contribution in [1.29, 1.82) is 0 Å². The predicted molar refractivity (Wildman–Crippen MR) is 135 cm³/mol. The van der Waals surface area contributed by atoms with Gasteiger partial charge < -0.3 is 14.4 Å². The summed E-state index contributed by atoms with van der Waals surface area (Å²) in [6.07, 6.45) is 4.74. The molecular formula is C28H28FN3O4. The topological polar surface area (TPSA) is 80.2 Å². The lowest BCUT2D eigenvalue weighted by molar-refractivity contribution is 0.0724. The second-order valence-corrected chi connectivity index (χ2v) is 8.43. The van der Waals surface area contributed by atoms with E-state index in [9.17, 15) is 14.0 Å². The number of hydrogen-bond acceptors (Lipinski definition) is 5. The fourth-order valence-electron chi connectivity index (χ4n) is 3.94. The van der Waals surface area contributed by atoms with Gasteiger partial charge in [-0.1, -0.05) is 24.3 Å². The molecule has 1 N–H and O–H groups in total. The van der Waals surface area contributed by atoms with Crippen molar-refractivity contribution in [2.24, 2.45) is 5.10 Å². The van der Waals surface area contributed by atoms with Crippen molar-refractivity contribution in [3.8, 4) is 11.5 Å². The van der Waals surface area contributed by atoms with E-state index in [4.69, 9.17) is 9.47 Å². The van der Waals surface area contributed by atoms with Crippen molar-refractivity contribution >= 4 is 18.0 Å². The standard InChI is InChI=1S/C28H28FN3O4/c1-35-26-17-21(18-30-31-27(33)23-7-3-4-8-24(23)29)11-14-25(26)36-19-20-9-12-22(13-10-20)28(34)32-15-5-2-6-16-32/h3-4,7-14,17-18H,2,5-6,15-16,19H2,1H3,(H,31,33)/b30-18-. The molecule has 0 bridgehead atoms. The van der Waals surface area contributed by atoms with Gasteiger partial charge in [0.1, 0.15) is 12.4 Å². The lowest BCUT2D eigenvalue weighted by atomic mass is 10.1. The Kier molecular flexibility index (Phi) is 8.28. The van der Waals surface area contributed by atoms with Crippen LogP contribution in [0.15, 0.2) is 71.8 Å². The highest BCUT2D eigenvalue weighted by molar-refractivity contribution is 5.95. The van der Waals surface area contributed by atoms with Crippen LogP contribution in [0.5, 0.6) is 11.5 Å². The molecule has 1 heterocycles. The van der Waals surface area contributed by atoms with E-state index in [0.717, 1.165) is 31.5 Å². The van der Waals surface area contributed by atoms with Gasteiger partial charge in [-0.2, -0.15) is 5.10 Å². The number of hydrogen-bond donors (Lipinski definition) is 1. The Balaban J connectivity index is 1.33. The molecular weight excluding hydrogens is 461 g/mol. The number of carbonyl (C=O) groups excluding carboxylic acids is 2. The van der Waals surface area contributed by atoms with Crippen molar-refractivity contribution in [3.05, 3.63) is 94.8 Å². The van der Waals surface area contributed by atoms with E-state index in [0.29, 0.717) is 29.2 Å². The van der Waals surface area contributed by atoms with Crippen LogP contribution in [-0.4, -0.2) is 43.1 Å². The summed E-state index contributed by atoms with van der Waals surface area (Å²) in [5, 5.41) is 3.90. The molecule has 4 rings (SSSR count). The van der Waals surface area contributed by atoms with Gasteiger partial charge in [0.2, 0.25) is 0 Å². The molecule has 1 aliphatic heterocycles. The molecule has 1 aliphatic rings. The Morgan fingerprint density at radius 2 is 1.75 bits per heavy atom. The molecule has 0 saturated carbocycles. The molecule has 0 spiro atoms. The number of amides is 2. The normalized spacial score (nSPS) is 13.4. The van der Waals surface area contributed by atoms with E-state index >= 15 is 0 Å². The maximum absolute atomic E-state index is 13.7. The zero-order chi connectivity index (χ0) is 25.3. The van der Waals surface area contributed by atoms with Crippen LogP contribution in [0.1, 0.15) is 51.1 Å². The number of methoxy groups -OCH3 is 1. The molecule has 3 aromatic carbocycles. The number of halogens is 1. The van der Waals surface area contributed by atoms with E-state index < -0.39 is 11.7 Å². The van der Waals surface area contributed by atoms with Gasteiger partial charge in [-0.15, -0.1) is 0 Å². The molecule has 1 fully saturated rings. The Bertz CT molecular complexity index is 1240. The van der Waals surface area contributed by atoms with Gasteiger partial charge in [0.25, 0.3) is 11.8 Å². The lowest BCUT2D eigenvalue weighted by Crippen LogP contribution is -2.35. The molecule has 0 radical (unpaired) electrons. The third-order valence-corrected chi connectivity index (χ3v) is 5.92. The van der Waals surface area contributed by atoms with Crippen LogP contribution in [0.4, 0.5) is 4.39 Å². The summed E-state index contributed by atoms with van der Waals surface area (Å²) in [6, 6.07) is 18.4. The van der Waals surface area contributed by atoms with Crippen molar-refractivity contribution in [2.45, 2.75) is 25.9 Å². The van der Waals surface area contributed by atoms with Gasteiger partial charge in [-0.25, -0.2) is 9.82 Å². The van der Waals surface area contributed by atoms with Crippen LogP contribution < -0.4 is 14.9 Å². The molecule has 186 valence electrons. The number of ether oxygens (including phenoxy) is 2. The molecule has 2 amide bonds. The minimum absolute atomic E-state index is 0.0752. The fraction of sp³-hybridized carbons (Fsp3) is 0.250. The van der Waals surface area contributed by atoms with Gasteiger partial charge in [-0.3, -0.25) is 9.59 Å². The molecule has 0 aromatic heterocycles. The number of likely N-dealkylation sites (tertiary alicyclic amines) is 1. The summed E-state index contributed by atoms with van der Waals surface area (Å²) in [7, 11) is 1.53. The van der Waals surface area contributed by atoms with Crippen LogP contribution in [-0.2, 0) is 6.61 Å². The summed E-state index contributed by atoms with van der Waals surface area (Å²) < 4.78 is 25.1. The fourth-order valence-corrected chi connectivity index (χ4v) is 3.94. The quantitative estimate of drug-likeness (QED) is 0.364. The Morgan fingerprint density at radius 1 is 1.00 bits per heavy atom. The Hall–Kier alpha value is -4.20. The Morgan fingerprint density at radius 3 is 2.47 bits per heavy atom. The second-order valence-electron chi connectivity index (χ2n) is 8.43. The average molecular weight is 490 g/mol. The number of carbonyl (C=O) groups is 2. The maximum atomic E-state index is 13.7. The third kappa shape index (κ3) is 6.27. The van der Waals surface area contributed by atoms with Crippen molar-refractivity contribution in [2.75, 3.05) is 20.2 Å². The molecule has 36 heavy (non-hydrogen) atoms. The van der Waals surface area contributed by atoms with E-state index in [2.05, 4.69) is 10.5 Å². The van der Waals surface area contributed by atoms with Gasteiger partial charge >= 0.3 is 0 Å². The summed E-state index contributed by atoms with van der Waals surface area (Å²) in [4.78, 5) is 26.6. The Labute approximate surface area is 209 Å². The monoisotopic (exact) mass is 489 g/mol. The van der Waals surface area contributed by atoms with Crippen LogP contribution in [0.2, 0.25) is 0 Å². The summed E-state index contributed by atoms with van der Waals surface area (Å²) in [5.41, 5.74) is 4.50. The zero-order valence-electron chi connectivity index (χ0n) is 20.1. The first-order valence-electron chi connectivity index (χ1n) is 11.8. The first kappa shape index (κ1) is 24.9. The van der Waals surface area contributed by atoms with Gasteiger partial charge in [0.05, 0.1) is 18.9 Å². The summed E-state index contributed by atoms with van der Waals surface area (Å²) in [5.74, 6) is -0.141. The highest BCUT2D eigenvalue weighted by atomic mass is 19.1. The van der Waals surface area contributed by atoms with E-state index in [1.165, 1.54) is 37.9 Å². The molecule has 0 atom stereocenters. The van der Waals surface area contributed by atoms with Crippen molar-refractivity contribution < 1.29 is 23.5 Å². The zero-order valence-corrected chi connectivity index (χ0v) is 20.1. The van der Waals surface area contributed by atoms with Gasteiger partial charge in [0.15, 0.2) is 11.5 Å². The molecule has 7 nitrogen and oxygen atoms in total. The summed E-state index contributed by atoms with van der Waals surface area (Å²) >= 11 is 0. The first-order valence-corrected chi connectivity index (χ1v) is 11.8. The average Bonchev–Trinajstić information content (AvgIpc) is 2.92. The first-order chi connectivity index (χ1) is 17.5. The number of nitrogens with one attached hydrogen (secondary N) is 1. The number of nitrogens with zero attached hydrogens (tertiary/aromatic N) is 2. The molecule has 0 aliphatic carbocycles. The van der Waals surface area contributed by atoms with Gasteiger partial charge in [-0.05, 0) is 72.9 Å². The van der Waals surface area contributed by atoms with E-state index in [1.54, 1.807) is 24.3 Å². The smallest absolute Gasteiger partial charge is 0.274 e. The maximum Gasteiger partial charge on any atom is 0.274 e. The minimum atomic E-state index is -0.639. The molecule has 1 saturated heterocycles. The number of piperidine rings is 1. The number of hydrazone groups is 1. The predicted octanol–water partition coefficient (Wildman–Crippen LogP) is 4.80. The molecule has 3 aromatic rings. The van der Waals surface area contributed by atoms with Gasteiger partial charge in [0, 0.05) is 18.7 Å². The largest absolute Gasteiger partial charge is 0.493 e.